The van der Waals surface area contributed by atoms with Crippen molar-refractivity contribution in [1.82, 2.24) is 0 Å². The second-order valence-corrected chi connectivity index (χ2v) is 5.09. The molecule has 2 aromatic rings. The maximum atomic E-state index is 12.2. The minimum absolute atomic E-state index is 0.390. The van der Waals surface area contributed by atoms with Gasteiger partial charge in [-0.3, -0.25) is 4.79 Å². The van der Waals surface area contributed by atoms with Crippen molar-refractivity contribution in [2.24, 2.45) is 0 Å². The number of aliphatic hydroxyl groups is 1. The second-order valence-electron chi connectivity index (χ2n) is 5.09. The first-order valence-corrected chi connectivity index (χ1v) is 6.24. The molecule has 1 aliphatic rings. The van der Waals surface area contributed by atoms with Crippen molar-refractivity contribution in [1.29, 1.82) is 0 Å². The summed E-state index contributed by atoms with van der Waals surface area (Å²) in [6, 6.07) is 13.0. The number of carbonyl (C=O) groups excluding carboxylic acids is 1. The Morgan fingerprint density at radius 3 is 2.37 bits per heavy atom. The van der Waals surface area contributed by atoms with E-state index in [1.165, 1.54) is 0 Å². The Hall–Kier alpha value is -2.13. The largest absolute Gasteiger partial charge is 0.372 e. The smallest absolute Gasteiger partial charge is 0.265 e. The number of hydrogen-bond donors (Lipinski definition) is 2. The zero-order valence-electron chi connectivity index (χ0n) is 10.9. The molecule has 1 atom stereocenters. The molecule has 3 nitrogen and oxygen atoms in total. The van der Waals surface area contributed by atoms with Gasteiger partial charge in [0.2, 0.25) is 0 Å². The van der Waals surface area contributed by atoms with Crippen molar-refractivity contribution in [3.63, 3.8) is 0 Å². The molecule has 1 heterocycles. The molecule has 19 heavy (non-hydrogen) atoms. The lowest BCUT2D eigenvalue weighted by Crippen LogP contribution is -2.35. The number of aryl methyl sites for hydroxylation is 2. The maximum Gasteiger partial charge on any atom is 0.265 e. The number of para-hydroxylation sites is 1. The van der Waals surface area contributed by atoms with Gasteiger partial charge in [-0.2, -0.15) is 0 Å². The molecular weight excluding hydrogens is 238 g/mol. The monoisotopic (exact) mass is 253 g/mol. The second kappa shape index (κ2) is 3.93. The van der Waals surface area contributed by atoms with Crippen LogP contribution >= 0.6 is 0 Å². The summed E-state index contributed by atoms with van der Waals surface area (Å²) >= 11 is 0. The van der Waals surface area contributed by atoms with Crippen LogP contribution in [-0.4, -0.2) is 11.0 Å². The summed E-state index contributed by atoms with van der Waals surface area (Å²) in [5, 5.41) is 13.7. The highest BCUT2D eigenvalue weighted by Crippen LogP contribution is 2.40. The van der Waals surface area contributed by atoms with Gasteiger partial charge in [0.15, 0.2) is 5.60 Å². The topological polar surface area (TPSA) is 49.3 Å². The number of benzene rings is 2. The fourth-order valence-corrected chi connectivity index (χ4v) is 2.71. The molecule has 1 amide bonds. The van der Waals surface area contributed by atoms with Gasteiger partial charge < -0.3 is 10.4 Å². The maximum absolute atomic E-state index is 12.2. The van der Waals surface area contributed by atoms with Crippen LogP contribution < -0.4 is 5.32 Å². The Labute approximate surface area is 111 Å². The van der Waals surface area contributed by atoms with Crippen LogP contribution in [0.4, 0.5) is 5.69 Å². The van der Waals surface area contributed by atoms with Crippen molar-refractivity contribution in [3.05, 3.63) is 64.7 Å². The number of amides is 1. The molecule has 3 heteroatoms. The van der Waals surface area contributed by atoms with Gasteiger partial charge in [-0.1, -0.05) is 47.5 Å². The molecule has 0 aliphatic carbocycles. The van der Waals surface area contributed by atoms with Crippen molar-refractivity contribution >= 4 is 11.6 Å². The molecule has 2 aromatic carbocycles. The molecule has 3 rings (SSSR count). The van der Waals surface area contributed by atoms with E-state index < -0.39 is 11.5 Å². The average molecular weight is 253 g/mol. The van der Waals surface area contributed by atoms with Crippen LogP contribution in [0.3, 0.4) is 0 Å². The number of carbonyl (C=O) groups is 1. The normalized spacial score (nSPS) is 21.1. The Morgan fingerprint density at radius 1 is 1.05 bits per heavy atom. The van der Waals surface area contributed by atoms with Gasteiger partial charge in [-0.05, 0) is 25.5 Å². The van der Waals surface area contributed by atoms with E-state index >= 15 is 0 Å². The highest BCUT2D eigenvalue weighted by atomic mass is 16.3. The summed E-state index contributed by atoms with van der Waals surface area (Å²) in [5.41, 5.74) is 2.38. The number of hydrogen-bond acceptors (Lipinski definition) is 2. The molecular formula is C16H15NO2. The third kappa shape index (κ3) is 1.66. The molecule has 0 spiro atoms. The van der Waals surface area contributed by atoms with Gasteiger partial charge in [-0.15, -0.1) is 0 Å². The first-order valence-electron chi connectivity index (χ1n) is 6.24. The third-order valence-electron chi connectivity index (χ3n) is 3.53. The summed E-state index contributed by atoms with van der Waals surface area (Å²) in [7, 11) is 0. The summed E-state index contributed by atoms with van der Waals surface area (Å²) in [4.78, 5) is 12.2. The quantitative estimate of drug-likeness (QED) is 0.820. The Bertz CT molecular complexity index is 658. The fourth-order valence-electron chi connectivity index (χ4n) is 2.71. The predicted molar refractivity (Wildman–Crippen MR) is 74.0 cm³/mol. The summed E-state index contributed by atoms with van der Waals surface area (Å²) in [6.07, 6.45) is 0. The van der Waals surface area contributed by atoms with Crippen LogP contribution in [0, 0.1) is 13.8 Å². The Balaban J connectivity index is 2.25. The molecule has 0 bridgehead atoms. The number of anilines is 1. The van der Waals surface area contributed by atoms with E-state index in [0.29, 0.717) is 16.8 Å². The van der Waals surface area contributed by atoms with Crippen LogP contribution in [-0.2, 0) is 10.4 Å². The van der Waals surface area contributed by atoms with Crippen LogP contribution in [0.5, 0.6) is 0 Å². The number of nitrogens with one attached hydrogen (secondary N) is 1. The molecule has 0 saturated heterocycles. The third-order valence-corrected chi connectivity index (χ3v) is 3.53. The van der Waals surface area contributed by atoms with Gasteiger partial charge in [0.1, 0.15) is 0 Å². The van der Waals surface area contributed by atoms with Crippen LogP contribution in [0.1, 0.15) is 22.3 Å². The summed E-state index contributed by atoms with van der Waals surface area (Å²) in [5.74, 6) is -0.390. The lowest BCUT2D eigenvalue weighted by atomic mass is 9.86. The van der Waals surface area contributed by atoms with E-state index in [4.69, 9.17) is 0 Å². The average Bonchev–Trinajstić information content (AvgIpc) is 2.62. The van der Waals surface area contributed by atoms with Crippen molar-refractivity contribution < 1.29 is 9.90 Å². The van der Waals surface area contributed by atoms with E-state index in [9.17, 15) is 9.90 Å². The summed E-state index contributed by atoms with van der Waals surface area (Å²) in [6.45, 7) is 3.91. The highest BCUT2D eigenvalue weighted by molar-refractivity contribution is 6.07. The molecule has 0 fully saturated rings. The fraction of sp³-hybridized carbons (Fsp3) is 0.188. The summed E-state index contributed by atoms with van der Waals surface area (Å²) < 4.78 is 0. The minimum Gasteiger partial charge on any atom is -0.372 e. The number of fused-ring (bicyclic) bond motifs is 1. The molecule has 0 unspecified atom stereocenters. The Kier molecular flexibility index (Phi) is 2.47. The lowest BCUT2D eigenvalue weighted by Gasteiger charge is -2.22. The van der Waals surface area contributed by atoms with Gasteiger partial charge in [0, 0.05) is 11.3 Å². The molecule has 96 valence electrons. The Morgan fingerprint density at radius 2 is 1.68 bits per heavy atom. The first-order chi connectivity index (χ1) is 9.01. The van der Waals surface area contributed by atoms with Crippen molar-refractivity contribution in [3.8, 4) is 0 Å². The van der Waals surface area contributed by atoms with E-state index in [-0.39, 0.29) is 0 Å². The van der Waals surface area contributed by atoms with E-state index in [0.717, 1.165) is 11.1 Å². The molecule has 0 radical (unpaired) electrons. The molecule has 0 aromatic heterocycles. The van der Waals surface area contributed by atoms with Crippen molar-refractivity contribution in [2.75, 3.05) is 5.32 Å². The molecule has 1 aliphatic heterocycles. The lowest BCUT2D eigenvalue weighted by molar-refractivity contribution is -0.129. The van der Waals surface area contributed by atoms with Crippen LogP contribution in [0.25, 0.3) is 0 Å². The van der Waals surface area contributed by atoms with Gasteiger partial charge in [-0.25, -0.2) is 0 Å². The van der Waals surface area contributed by atoms with E-state index in [2.05, 4.69) is 5.32 Å². The zero-order valence-corrected chi connectivity index (χ0v) is 10.9. The van der Waals surface area contributed by atoms with Crippen LogP contribution in [0.2, 0.25) is 0 Å². The van der Waals surface area contributed by atoms with E-state index in [1.54, 1.807) is 12.1 Å². The van der Waals surface area contributed by atoms with Gasteiger partial charge in [0.05, 0.1) is 0 Å². The van der Waals surface area contributed by atoms with E-state index in [1.807, 2.05) is 44.2 Å². The molecule has 0 saturated carbocycles. The predicted octanol–water partition coefficient (Wildman–Crippen LogP) is 2.49. The highest BCUT2D eigenvalue weighted by Gasteiger charge is 2.46. The van der Waals surface area contributed by atoms with Crippen LogP contribution in [0.15, 0.2) is 42.5 Å². The first kappa shape index (κ1) is 11.9. The molecule has 2 N–H and O–H groups in total. The number of rotatable bonds is 1. The minimum atomic E-state index is -1.59. The zero-order chi connectivity index (χ0) is 13.6. The van der Waals surface area contributed by atoms with Crippen molar-refractivity contribution in [2.45, 2.75) is 19.4 Å². The van der Waals surface area contributed by atoms with Gasteiger partial charge >= 0.3 is 0 Å². The standard InChI is InChI=1S/C16H15NO2/c1-10-7-11(2)9-12(8-10)16(19)13-5-3-4-6-14(13)17-15(16)18/h3-9,19H,1-2H3,(H,17,18)/t16-/m0/s1. The SMILES string of the molecule is Cc1cc(C)cc([C@@]2(O)C(=O)Nc3ccccc32)c1. The van der Waals surface area contributed by atoms with Gasteiger partial charge in [0.25, 0.3) is 5.91 Å².